The molecule has 0 atom stereocenters. The largest absolute Gasteiger partial charge is 0.381 e. The lowest BCUT2D eigenvalue weighted by molar-refractivity contribution is 0.419. The molecule has 5 heteroatoms. The summed E-state index contributed by atoms with van der Waals surface area (Å²) in [7, 11) is 0. The van der Waals surface area contributed by atoms with E-state index in [1.165, 1.54) is 0 Å². The molecule has 0 bridgehead atoms. The van der Waals surface area contributed by atoms with Crippen molar-refractivity contribution in [1.29, 1.82) is 0 Å². The summed E-state index contributed by atoms with van der Waals surface area (Å²) in [5, 5.41) is 7.86. The molecule has 15 heavy (non-hydrogen) atoms. The fourth-order valence-electron chi connectivity index (χ4n) is 1.12. The van der Waals surface area contributed by atoms with Crippen molar-refractivity contribution in [2.75, 3.05) is 5.32 Å². The summed E-state index contributed by atoms with van der Waals surface area (Å²) in [4.78, 5) is 0. The van der Waals surface area contributed by atoms with Crippen LogP contribution in [0.2, 0.25) is 10.0 Å². The van der Waals surface area contributed by atoms with Gasteiger partial charge in [0.25, 0.3) is 0 Å². The summed E-state index contributed by atoms with van der Waals surface area (Å²) < 4.78 is 4.71. The van der Waals surface area contributed by atoms with E-state index < -0.39 is 0 Å². The Morgan fingerprint density at radius 1 is 1.27 bits per heavy atom. The minimum absolute atomic E-state index is 0.534. The molecule has 2 aromatic rings. The number of hydrogen-bond donors (Lipinski definition) is 1. The highest BCUT2D eigenvalue weighted by Crippen LogP contribution is 2.25. The molecular formula is C10H8Cl2N2O. The molecule has 1 aromatic carbocycles. The van der Waals surface area contributed by atoms with Crippen LogP contribution in [0.4, 0.5) is 5.69 Å². The summed E-state index contributed by atoms with van der Waals surface area (Å²) in [6.45, 7) is 0.640. The zero-order valence-corrected chi connectivity index (χ0v) is 9.22. The van der Waals surface area contributed by atoms with Crippen molar-refractivity contribution in [3.05, 3.63) is 46.3 Å². The molecule has 0 aliphatic carbocycles. The average Bonchev–Trinajstić information content (AvgIpc) is 2.73. The molecule has 1 N–H and O–H groups in total. The van der Waals surface area contributed by atoms with E-state index in [9.17, 15) is 0 Å². The van der Waals surface area contributed by atoms with Crippen LogP contribution in [0, 0.1) is 0 Å². The van der Waals surface area contributed by atoms with E-state index in [-0.39, 0.29) is 0 Å². The lowest BCUT2D eigenvalue weighted by atomic mass is 10.3. The van der Waals surface area contributed by atoms with Gasteiger partial charge < -0.3 is 9.84 Å². The third-order valence-electron chi connectivity index (χ3n) is 1.90. The smallest absolute Gasteiger partial charge is 0.128 e. The quantitative estimate of drug-likeness (QED) is 0.894. The van der Waals surface area contributed by atoms with Crippen LogP contribution in [0.5, 0.6) is 0 Å². The minimum Gasteiger partial charge on any atom is -0.381 e. The highest BCUT2D eigenvalue weighted by atomic mass is 35.5. The molecule has 1 aromatic heterocycles. The Morgan fingerprint density at radius 3 is 2.80 bits per heavy atom. The van der Waals surface area contributed by atoms with Crippen LogP contribution < -0.4 is 5.32 Å². The summed E-state index contributed by atoms with van der Waals surface area (Å²) in [6, 6.07) is 5.39. The standard InChI is InChI=1S/C10H8Cl2N2O/c11-9-2-1-8(3-10(9)12)13-4-7-5-14-15-6-7/h1-3,5-6,13H,4H2. The van der Waals surface area contributed by atoms with Gasteiger partial charge in [-0.2, -0.15) is 0 Å². The number of rotatable bonds is 3. The van der Waals surface area contributed by atoms with Crippen molar-refractivity contribution in [2.45, 2.75) is 6.54 Å². The first-order valence-corrected chi connectivity index (χ1v) is 5.08. The molecule has 0 saturated heterocycles. The monoisotopic (exact) mass is 242 g/mol. The number of nitrogens with one attached hydrogen (secondary N) is 1. The molecule has 0 amide bonds. The van der Waals surface area contributed by atoms with Crippen LogP contribution in [0.15, 0.2) is 35.2 Å². The van der Waals surface area contributed by atoms with E-state index in [4.69, 9.17) is 27.7 Å². The van der Waals surface area contributed by atoms with E-state index in [2.05, 4.69) is 10.5 Å². The summed E-state index contributed by atoms with van der Waals surface area (Å²) in [5.74, 6) is 0. The van der Waals surface area contributed by atoms with Crippen molar-refractivity contribution in [3.63, 3.8) is 0 Å². The van der Waals surface area contributed by atoms with Crippen molar-refractivity contribution in [1.82, 2.24) is 5.16 Å². The summed E-state index contributed by atoms with van der Waals surface area (Å²) in [6.07, 6.45) is 3.25. The maximum Gasteiger partial charge on any atom is 0.128 e. The molecular weight excluding hydrogens is 235 g/mol. The highest BCUT2D eigenvalue weighted by Gasteiger charge is 2.00. The zero-order chi connectivity index (χ0) is 10.7. The van der Waals surface area contributed by atoms with Gasteiger partial charge in [0.2, 0.25) is 0 Å². The molecule has 1 heterocycles. The lowest BCUT2D eigenvalue weighted by Gasteiger charge is -2.05. The summed E-state index contributed by atoms with van der Waals surface area (Å²) >= 11 is 11.7. The molecule has 0 fully saturated rings. The Morgan fingerprint density at radius 2 is 2.13 bits per heavy atom. The second-order valence-corrected chi connectivity index (χ2v) is 3.83. The minimum atomic E-state index is 0.534. The van der Waals surface area contributed by atoms with Crippen LogP contribution in [0.3, 0.4) is 0 Å². The van der Waals surface area contributed by atoms with Crippen molar-refractivity contribution in [2.24, 2.45) is 0 Å². The van der Waals surface area contributed by atoms with Gasteiger partial charge in [-0.25, -0.2) is 0 Å². The van der Waals surface area contributed by atoms with Crippen molar-refractivity contribution < 1.29 is 4.52 Å². The number of anilines is 1. The van der Waals surface area contributed by atoms with Crippen LogP contribution in [0.25, 0.3) is 0 Å². The van der Waals surface area contributed by atoms with E-state index in [1.54, 1.807) is 24.6 Å². The van der Waals surface area contributed by atoms with Crippen LogP contribution >= 0.6 is 23.2 Å². The number of nitrogens with zero attached hydrogens (tertiary/aromatic N) is 1. The first-order chi connectivity index (χ1) is 7.25. The molecule has 0 radical (unpaired) electrons. The second-order valence-electron chi connectivity index (χ2n) is 3.02. The fourth-order valence-corrected chi connectivity index (χ4v) is 1.42. The van der Waals surface area contributed by atoms with Gasteiger partial charge in [-0.3, -0.25) is 0 Å². The first-order valence-electron chi connectivity index (χ1n) is 4.33. The predicted octanol–water partition coefficient (Wildman–Crippen LogP) is 3.59. The Kier molecular flexibility index (Phi) is 3.14. The van der Waals surface area contributed by atoms with Crippen LogP contribution in [-0.4, -0.2) is 5.16 Å². The number of aromatic nitrogens is 1. The normalized spacial score (nSPS) is 10.3. The van der Waals surface area contributed by atoms with Crippen molar-refractivity contribution in [3.8, 4) is 0 Å². The SMILES string of the molecule is Clc1ccc(NCc2cnoc2)cc1Cl. The van der Waals surface area contributed by atoms with E-state index >= 15 is 0 Å². The average molecular weight is 243 g/mol. The van der Waals surface area contributed by atoms with E-state index in [0.717, 1.165) is 11.3 Å². The third kappa shape index (κ3) is 2.64. The second kappa shape index (κ2) is 4.55. The van der Waals surface area contributed by atoms with Gasteiger partial charge >= 0.3 is 0 Å². The number of hydrogen-bond acceptors (Lipinski definition) is 3. The molecule has 0 spiro atoms. The van der Waals surface area contributed by atoms with Gasteiger partial charge in [-0.15, -0.1) is 0 Å². The summed E-state index contributed by atoms with van der Waals surface area (Å²) in [5.41, 5.74) is 1.88. The molecule has 0 saturated carbocycles. The molecule has 0 unspecified atom stereocenters. The van der Waals surface area contributed by atoms with Gasteiger partial charge in [0, 0.05) is 17.8 Å². The third-order valence-corrected chi connectivity index (χ3v) is 2.64. The van der Waals surface area contributed by atoms with Gasteiger partial charge in [0.15, 0.2) is 0 Å². The Hall–Kier alpha value is -1.19. The predicted molar refractivity (Wildman–Crippen MR) is 60.3 cm³/mol. The lowest BCUT2D eigenvalue weighted by Crippen LogP contribution is -1.97. The molecule has 3 nitrogen and oxygen atoms in total. The Balaban J connectivity index is 2.02. The Bertz CT molecular complexity index is 443. The molecule has 0 aliphatic heterocycles. The number of halogens is 2. The maximum atomic E-state index is 5.87. The van der Waals surface area contributed by atoms with E-state index in [0.29, 0.717) is 16.6 Å². The molecule has 78 valence electrons. The molecule has 0 aliphatic rings. The van der Waals surface area contributed by atoms with Crippen LogP contribution in [0.1, 0.15) is 5.56 Å². The van der Waals surface area contributed by atoms with Crippen LogP contribution in [-0.2, 0) is 6.54 Å². The highest BCUT2D eigenvalue weighted by molar-refractivity contribution is 6.42. The van der Waals surface area contributed by atoms with Gasteiger partial charge in [-0.05, 0) is 18.2 Å². The van der Waals surface area contributed by atoms with Gasteiger partial charge in [0.05, 0.1) is 16.2 Å². The van der Waals surface area contributed by atoms with Gasteiger partial charge in [0.1, 0.15) is 6.26 Å². The fraction of sp³-hybridized carbons (Fsp3) is 0.100. The van der Waals surface area contributed by atoms with Crippen molar-refractivity contribution >= 4 is 28.9 Å². The van der Waals surface area contributed by atoms with Gasteiger partial charge in [-0.1, -0.05) is 28.4 Å². The number of benzene rings is 1. The van der Waals surface area contributed by atoms with E-state index in [1.807, 2.05) is 6.07 Å². The topological polar surface area (TPSA) is 38.1 Å². The maximum absolute atomic E-state index is 5.87. The Labute approximate surface area is 97.0 Å². The molecule has 2 rings (SSSR count). The zero-order valence-electron chi connectivity index (χ0n) is 7.71. The first kappa shape index (κ1) is 10.3.